The fraction of sp³-hybridized carbons (Fsp3) is 0.667. The second kappa shape index (κ2) is 7.70. The number of hydrogen-bond donors (Lipinski definition) is 1. The number of sulfonamides is 1. The van der Waals surface area contributed by atoms with E-state index in [9.17, 15) is 13.2 Å². The van der Waals surface area contributed by atoms with Crippen molar-refractivity contribution < 1.29 is 13.2 Å². The number of rotatable bonds is 4. The molecule has 2 saturated heterocycles. The van der Waals surface area contributed by atoms with Gasteiger partial charge < -0.3 is 10.6 Å². The highest BCUT2D eigenvalue weighted by Gasteiger charge is 2.44. The molecule has 2 aliphatic heterocycles. The SMILES string of the molecule is CC1CC(CN)CN1C(=O)C1CCCN1S(=O)(=O)c1cccs1.Cl. The van der Waals surface area contributed by atoms with Crippen LogP contribution in [0, 0.1) is 5.92 Å². The Bertz CT molecular complexity index is 666. The Morgan fingerprint density at radius 1 is 1.46 bits per heavy atom. The summed E-state index contributed by atoms with van der Waals surface area (Å²) in [5.74, 6) is 0.254. The van der Waals surface area contributed by atoms with Crippen molar-refractivity contribution >= 4 is 39.7 Å². The molecule has 0 aliphatic carbocycles. The molecule has 2 N–H and O–H groups in total. The average Bonchev–Trinajstić information content (AvgIpc) is 3.26. The molecule has 3 atom stereocenters. The van der Waals surface area contributed by atoms with Crippen LogP contribution in [0.2, 0.25) is 0 Å². The third-order valence-corrected chi connectivity index (χ3v) is 8.11. The van der Waals surface area contributed by atoms with E-state index in [2.05, 4.69) is 0 Å². The standard InChI is InChI=1S/C15H23N3O3S2.ClH/c1-11-8-12(9-16)10-17(11)15(19)13-4-2-6-18(13)23(20,21)14-5-3-7-22-14;/h3,5,7,11-13H,2,4,6,8-10,16H2,1H3;1H. The molecule has 3 heterocycles. The molecule has 2 fully saturated rings. The summed E-state index contributed by atoms with van der Waals surface area (Å²) in [5, 5.41) is 1.74. The Morgan fingerprint density at radius 3 is 2.79 bits per heavy atom. The van der Waals surface area contributed by atoms with Gasteiger partial charge in [-0.3, -0.25) is 4.79 Å². The first-order valence-corrected chi connectivity index (χ1v) is 10.3. The molecule has 1 amide bonds. The molecule has 6 nitrogen and oxygen atoms in total. The Labute approximate surface area is 153 Å². The Kier molecular flexibility index (Phi) is 6.30. The predicted molar refractivity (Wildman–Crippen MR) is 96.8 cm³/mol. The summed E-state index contributed by atoms with van der Waals surface area (Å²) >= 11 is 1.20. The van der Waals surface area contributed by atoms with Gasteiger partial charge in [-0.15, -0.1) is 23.7 Å². The number of halogens is 1. The number of nitrogens with two attached hydrogens (primary N) is 1. The van der Waals surface area contributed by atoms with Gasteiger partial charge in [0, 0.05) is 19.1 Å². The van der Waals surface area contributed by atoms with Gasteiger partial charge in [0.2, 0.25) is 5.91 Å². The van der Waals surface area contributed by atoms with Gasteiger partial charge in [0.1, 0.15) is 10.3 Å². The van der Waals surface area contributed by atoms with Gasteiger partial charge in [0.15, 0.2) is 0 Å². The van der Waals surface area contributed by atoms with Crippen molar-refractivity contribution in [3.05, 3.63) is 17.5 Å². The number of amides is 1. The zero-order valence-electron chi connectivity index (χ0n) is 13.6. The lowest BCUT2D eigenvalue weighted by Gasteiger charge is -2.29. The highest BCUT2D eigenvalue weighted by molar-refractivity contribution is 7.91. The highest BCUT2D eigenvalue weighted by Crippen LogP contribution is 2.31. The molecule has 0 bridgehead atoms. The van der Waals surface area contributed by atoms with Crippen LogP contribution in [0.1, 0.15) is 26.2 Å². The molecule has 0 radical (unpaired) electrons. The number of thiophene rings is 1. The van der Waals surface area contributed by atoms with E-state index < -0.39 is 16.1 Å². The van der Waals surface area contributed by atoms with Gasteiger partial charge >= 0.3 is 0 Å². The summed E-state index contributed by atoms with van der Waals surface area (Å²) in [6.45, 7) is 3.63. The second-order valence-electron chi connectivity index (χ2n) is 6.38. The quantitative estimate of drug-likeness (QED) is 0.840. The fourth-order valence-corrected chi connectivity index (χ4v) is 6.38. The maximum absolute atomic E-state index is 12.9. The van der Waals surface area contributed by atoms with Crippen molar-refractivity contribution in [3.8, 4) is 0 Å². The first-order chi connectivity index (χ1) is 10.9. The normalized spacial score (nSPS) is 28.1. The largest absolute Gasteiger partial charge is 0.338 e. The monoisotopic (exact) mass is 393 g/mol. The van der Waals surface area contributed by atoms with Crippen LogP contribution in [0.3, 0.4) is 0 Å². The van der Waals surface area contributed by atoms with Crippen molar-refractivity contribution in [1.29, 1.82) is 0 Å². The summed E-state index contributed by atoms with van der Waals surface area (Å²) < 4.78 is 27.2. The van der Waals surface area contributed by atoms with Crippen LogP contribution in [0.5, 0.6) is 0 Å². The van der Waals surface area contributed by atoms with Crippen molar-refractivity contribution in [2.75, 3.05) is 19.6 Å². The Balaban J connectivity index is 0.00000208. The smallest absolute Gasteiger partial charge is 0.253 e. The number of carbonyl (C=O) groups is 1. The van der Waals surface area contributed by atoms with Gasteiger partial charge in [-0.05, 0) is 50.1 Å². The van der Waals surface area contributed by atoms with Gasteiger partial charge in [-0.1, -0.05) is 6.07 Å². The van der Waals surface area contributed by atoms with Crippen LogP contribution in [-0.4, -0.2) is 55.2 Å². The fourth-order valence-electron chi connectivity index (χ4n) is 3.61. The molecule has 0 saturated carbocycles. The molecule has 3 rings (SSSR count). The minimum Gasteiger partial charge on any atom is -0.338 e. The van der Waals surface area contributed by atoms with Gasteiger partial charge in [0.25, 0.3) is 10.0 Å². The first-order valence-electron chi connectivity index (χ1n) is 8.01. The summed E-state index contributed by atoms with van der Waals surface area (Å²) in [6, 6.07) is 2.88. The molecule has 3 unspecified atom stereocenters. The number of nitrogens with zero attached hydrogens (tertiary/aromatic N) is 2. The van der Waals surface area contributed by atoms with Crippen LogP contribution in [0.25, 0.3) is 0 Å². The highest BCUT2D eigenvalue weighted by atomic mass is 35.5. The van der Waals surface area contributed by atoms with Crippen LogP contribution in [-0.2, 0) is 14.8 Å². The van der Waals surface area contributed by atoms with Crippen LogP contribution >= 0.6 is 23.7 Å². The molecular formula is C15H24ClN3O3S2. The van der Waals surface area contributed by atoms with Crippen molar-refractivity contribution in [1.82, 2.24) is 9.21 Å². The minimum atomic E-state index is -3.58. The van der Waals surface area contributed by atoms with E-state index in [0.29, 0.717) is 36.2 Å². The molecule has 1 aromatic heterocycles. The molecule has 24 heavy (non-hydrogen) atoms. The summed E-state index contributed by atoms with van der Waals surface area (Å²) in [5.41, 5.74) is 5.73. The molecule has 136 valence electrons. The van der Waals surface area contributed by atoms with E-state index >= 15 is 0 Å². The van der Waals surface area contributed by atoms with Gasteiger partial charge in [0.05, 0.1) is 0 Å². The van der Waals surface area contributed by atoms with Gasteiger partial charge in [-0.25, -0.2) is 8.42 Å². The van der Waals surface area contributed by atoms with E-state index in [1.807, 2.05) is 11.8 Å². The second-order valence-corrected chi connectivity index (χ2v) is 9.45. The van der Waals surface area contributed by atoms with Crippen LogP contribution < -0.4 is 5.73 Å². The molecule has 0 aromatic carbocycles. The van der Waals surface area contributed by atoms with E-state index in [1.54, 1.807) is 17.5 Å². The third-order valence-electron chi connectivity index (χ3n) is 4.82. The third kappa shape index (κ3) is 3.48. The summed E-state index contributed by atoms with van der Waals surface area (Å²) in [7, 11) is -3.58. The van der Waals surface area contributed by atoms with E-state index in [-0.39, 0.29) is 24.4 Å². The van der Waals surface area contributed by atoms with E-state index in [0.717, 1.165) is 12.8 Å². The number of likely N-dealkylation sites (tertiary alicyclic amines) is 1. The first kappa shape index (κ1) is 19.7. The van der Waals surface area contributed by atoms with Crippen LogP contribution in [0.4, 0.5) is 0 Å². The lowest BCUT2D eigenvalue weighted by atomic mass is 10.1. The molecular weight excluding hydrogens is 370 g/mol. The zero-order chi connectivity index (χ0) is 16.6. The maximum Gasteiger partial charge on any atom is 0.253 e. The molecule has 1 aromatic rings. The van der Waals surface area contributed by atoms with Crippen molar-refractivity contribution in [2.24, 2.45) is 11.7 Å². The van der Waals surface area contributed by atoms with Crippen molar-refractivity contribution in [3.63, 3.8) is 0 Å². The lowest BCUT2D eigenvalue weighted by Crippen LogP contribution is -2.48. The number of hydrogen-bond acceptors (Lipinski definition) is 5. The molecule has 9 heteroatoms. The van der Waals surface area contributed by atoms with E-state index in [4.69, 9.17) is 5.73 Å². The Hall–Kier alpha value is -0.670. The Morgan fingerprint density at radius 2 is 2.21 bits per heavy atom. The van der Waals surface area contributed by atoms with Crippen molar-refractivity contribution in [2.45, 2.75) is 42.5 Å². The zero-order valence-corrected chi connectivity index (χ0v) is 16.1. The van der Waals surface area contributed by atoms with E-state index in [1.165, 1.54) is 15.6 Å². The minimum absolute atomic E-state index is 0. The maximum atomic E-state index is 12.9. The average molecular weight is 394 g/mol. The number of carbonyl (C=O) groups excluding carboxylic acids is 1. The van der Waals surface area contributed by atoms with Gasteiger partial charge in [-0.2, -0.15) is 4.31 Å². The lowest BCUT2D eigenvalue weighted by molar-refractivity contribution is -0.135. The topological polar surface area (TPSA) is 83.7 Å². The summed E-state index contributed by atoms with van der Waals surface area (Å²) in [6.07, 6.45) is 2.22. The van der Waals surface area contributed by atoms with Crippen LogP contribution in [0.15, 0.2) is 21.7 Å². The molecule has 0 spiro atoms. The molecule has 2 aliphatic rings. The summed E-state index contributed by atoms with van der Waals surface area (Å²) in [4.78, 5) is 14.8. The predicted octanol–water partition coefficient (Wildman–Crippen LogP) is 1.52.